The number of nitrogens with one attached hydrogen (secondary N) is 1. The summed E-state index contributed by atoms with van der Waals surface area (Å²) in [5, 5.41) is 3.79. The van der Waals surface area contributed by atoms with Gasteiger partial charge in [-0.15, -0.1) is 0 Å². The molecule has 1 N–H and O–H groups in total. The van der Waals surface area contributed by atoms with Crippen LogP contribution in [0.4, 0.5) is 0 Å². The SMILES string of the molecule is COc1ccc(C(NCC2CCOC2C)C2CC2)cc1. The molecule has 3 atom stereocenters. The Labute approximate surface area is 121 Å². The first-order valence-electron chi connectivity index (χ1n) is 7.77. The molecule has 1 aliphatic carbocycles. The van der Waals surface area contributed by atoms with Crippen molar-refractivity contribution in [1.82, 2.24) is 5.32 Å². The summed E-state index contributed by atoms with van der Waals surface area (Å²) in [6, 6.07) is 9.02. The van der Waals surface area contributed by atoms with Gasteiger partial charge in [0.1, 0.15) is 5.75 Å². The van der Waals surface area contributed by atoms with Gasteiger partial charge in [0.2, 0.25) is 0 Å². The van der Waals surface area contributed by atoms with E-state index in [2.05, 4.69) is 36.5 Å². The molecule has 3 rings (SSSR count). The molecule has 1 saturated carbocycles. The summed E-state index contributed by atoms with van der Waals surface area (Å²) in [5.74, 6) is 2.40. The van der Waals surface area contributed by atoms with Crippen molar-refractivity contribution in [3.8, 4) is 5.75 Å². The van der Waals surface area contributed by atoms with Crippen LogP contribution in [-0.4, -0.2) is 26.4 Å². The fourth-order valence-electron chi connectivity index (χ4n) is 3.12. The van der Waals surface area contributed by atoms with Crippen molar-refractivity contribution >= 4 is 0 Å². The van der Waals surface area contributed by atoms with Crippen LogP contribution < -0.4 is 10.1 Å². The Kier molecular flexibility index (Phi) is 4.27. The van der Waals surface area contributed by atoms with Crippen LogP contribution in [0.15, 0.2) is 24.3 Å². The van der Waals surface area contributed by atoms with Gasteiger partial charge in [0.15, 0.2) is 0 Å². The quantitative estimate of drug-likeness (QED) is 0.865. The van der Waals surface area contributed by atoms with Gasteiger partial charge in [-0.05, 0) is 55.7 Å². The second-order valence-corrected chi connectivity index (χ2v) is 6.12. The van der Waals surface area contributed by atoms with Gasteiger partial charge < -0.3 is 14.8 Å². The van der Waals surface area contributed by atoms with Crippen molar-refractivity contribution in [3.05, 3.63) is 29.8 Å². The molecule has 0 aromatic heterocycles. The number of rotatable bonds is 6. The van der Waals surface area contributed by atoms with Crippen molar-refractivity contribution < 1.29 is 9.47 Å². The number of ether oxygens (including phenoxy) is 2. The maximum atomic E-state index is 5.65. The minimum Gasteiger partial charge on any atom is -0.497 e. The Bertz CT molecular complexity index is 427. The fraction of sp³-hybridized carbons (Fsp3) is 0.647. The highest BCUT2D eigenvalue weighted by Crippen LogP contribution is 2.41. The zero-order valence-corrected chi connectivity index (χ0v) is 12.5. The van der Waals surface area contributed by atoms with Crippen LogP contribution in [0.25, 0.3) is 0 Å². The minimum atomic E-state index is 0.401. The van der Waals surface area contributed by atoms with E-state index in [-0.39, 0.29) is 0 Å². The van der Waals surface area contributed by atoms with Gasteiger partial charge in [0.25, 0.3) is 0 Å². The average molecular weight is 275 g/mol. The summed E-state index contributed by atoms with van der Waals surface area (Å²) in [6.07, 6.45) is 4.29. The molecule has 1 heterocycles. The van der Waals surface area contributed by atoms with Gasteiger partial charge >= 0.3 is 0 Å². The zero-order chi connectivity index (χ0) is 13.9. The Morgan fingerprint density at radius 3 is 2.55 bits per heavy atom. The fourth-order valence-corrected chi connectivity index (χ4v) is 3.12. The lowest BCUT2D eigenvalue weighted by Crippen LogP contribution is -2.31. The van der Waals surface area contributed by atoms with Gasteiger partial charge in [-0.1, -0.05) is 12.1 Å². The summed E-state index contributed by atoms with van der Waals surface area (Å²) >= 11 is 0. The third kappa shape index (κ3) is 3.15. The predicted molar refractivity (Wildman–Crippen MR) is 80.0 cm³/mol. The summed E-state index contributed by atoms with van der Waals surface area (Å²) in [6.45, 7) is 4.18. The molecule has 1 aromatic rings. The summed E-state index contributed by atoms with van der Waals surface area (Å²) in [7, 11) is 1.72. The van der Waals surface area contributed by atoms with E-state index < -0.39 is 0 Å². The standard InChI is InChI=1S/C17H25NO2/c1-12-15(9-10-20-12)11-18-17(13-3-4-13)14-5-7-16(19-2)8-6-14/h5-8,12-13,15,17-18H,3-4,9-11H2,1-2H3. The molecule has 3 nitrogen and oxygen atoms in total. The average Bonchev–Trinajstić information content (AvgIpc) is 3.23. The number of methoxy groups -OCH3 is 1. The summed E-state index contributed by atoms with van der Waals surface area (Å²) < 4.78 is 10.9. The Morgan fingerprint density at radius 2 is 2.00 bits per heavy atom. The van der Waals surface area contributed by atoms with Crippen molar-refractivity contribution in [1.29, 1.82) is 0 Å². The molecule has 1 aromatic carbocycles. The van der Waals surface area contributed by atoms with Gasteiger partial charge in [0, 0.05) is 19.2 Å². The van der Waals surface area contributed by atoms with Crippen LogP contribution in [0.1, 0.15) is 37.8 Å². The molecule has 110 valence electrons. The molecular formula is C17H25NO2. The number of hydrogen-bond donors (Lipinski definition) is 1. The first-order valence-corrected chi connectivity index (χ1v) is 7.77. The van der Waals surface area contributed by atoms with E-state index in [9.17, 15) is 0 Å². The molecule has 3 unspecified atom stereocenters. The van der Waals surface area contributed by atoms with Crippen LogP contribution in [-0.2, 0) is 4.74 Å². The lowest BCUT2D eigenvalue weighted by atomic mass is 9.98. The van der Waals surface area contributed by atoms with E-state index in [1.807, 2.05) is 0 Å². The zero-order valence-electron chi connectivity index (χ0n) is 12.5. The van der Waals surface area contributed by atoms with Crippen molar-refractivity contribution in [2.24, 2.45) is 11.8 Å². The van der Waals surface area contributed by atoms with E-state index in [4.69, 9.17) is 9.47 Å². The van der Waals surface area contributed by atoms with Crippen LogP contribution in [0.3, 0.4) is 0 Å². The van der Waals surface area contributed by atoms with Crippen LogP contribution in [0.5, 0.6) is 5.75 Å². The largest absolute Gasteiger partial charge is 0.497 e. The van der Waals surface area contributed by atoms with Crippen LogP contribution >= 0.6 is 0 Å². The highest BCUT2D eigenvalue weighted by Gasteiger charge is 2.33. The number of hydrogen-bond acceptors (Lipinski definition) is 3. The lowest BCUT2D eigenvalue weighted by molar-refractivity contribution is 0.104. The molecule has 0 bridgehead atoms. The van der Waals surface area contributed by atoms with Gasteiger partial charge in [0.05, 0.1) is 13.2 Å². The van der Waals surface area contributed by atoms with Gasteiger partial charge in [-0.3, -0.25) is 0 Å². The van der Waals surface area contributed by atoms with Crippen molar-refractivity contribution in [3.63, 3.8) is 0 Å². The Morgan fingerprint density at radius 1 is 1.25 bits per heavy atom. The molecule has 0 spiro atoms. The maximum Gasteiger partial charge on any atom is 0.118 e. The summed E-state index contributed by atoms with van der Waals surface area (Å²) in [4.78, 5) is 0. The van der Waals surface area contributed by atoms with E-state index >= 15 is 0 Å². The predicted octanol–water partition coefficient (Wildman–Crippen LogP) is 3.16. The van der Waals surface area contributed by atoms with Gasteiger partial charge in [-0.25, -0.2) is 0 Å². The van der Waals surface area contributed by atoms with Crippen LogP contribution in [0, 0.1) is 11.8 Å². The molecule has 0 radical (unpaired) electrons. The lowest BCUT2D eigenvalue weighted by Gasteiger charge is -2.22. The molecule has 2 fully saturated rings. The van der Waals surface area contributed by atoms with E-state index in [1.165, 1.54) is 24.8 Å². The molecular weight excluding hydrogens is 250 g/mol. The summed E-state index contributed by atoms with van der Waals surface area (Å²) in [5.41, 5.74) is 1.39. The Hall–Kier alpha value is -1.06. The molecule has 1 aliphatic heterocycles. The first-order chi connectivity index (χ1) is 9.78. The smallest absolute Gasteiger partial charge is 0.118 e. The molecule has 1 saturated heterocycles. The number of benzene rings is 1. The van der Waals surface area contributed by atoms with Gasteiger partial charge in [-0.2, -0.15) is 0 Å². The van der Waals surface area contributed by atoms with E-state index in [1.54, 1.807) is 7.11 Å². The van der Waals surface area contributed by atoms with E-state index in [0.29, 0.717) is 18.1 Å². The topological polar surface area (TPSA) is 30.5 Å². The second kappa shape index (κ2) is 6.15. The Balaban J connectivity index is 1.62. The molecule has 20 heavy (non-hydrogen) atoms. The molecule has 3 heteroatoms. The normalized spacial score (nSPS) is 27.5. The van der Waals surface area contributed by atoms with E-state index in [0.717, 1.165) is 24.8 Å². The second-order valence-electron chi connectivity index (χ2n) is 6.12. The first kappa shape index (κ1) is 13.9. The highest BCUT2D eigenvalue weighted by molar-refractivity contribution is 5.30. The molecule has 2 aliphatic rings. The molecule has 0 amide bonds. The monoisotopic (exact) mass is 275 g/mol. The van der Waals surface area contributed by atoms with Crippen molar-refractivity contribution in [2.45, 2.75) is 38.3 Å². The third-order valence-electron chi connectivity index (χ3n) is 4.70. The minimum absolute atomic E-state index is 0.401. The maximum absolute atomic E-state index is 5.65. The highest BCUT2D eigenvalue weighted by atomic mass is 16.5. The van der Waals surface area contributed by atoms with Crippen molar-refractivity contribution in [2.75, 3.05) is 20.3 Å². The third-order valence-corrected chi connectivity index (χ3v) is 4.70. The van der Waals surface area contributed by atoms with Crippen LogP contribution in [0.2, 0.25) is 0 Å².